The number of hydrogen-bond acceptors (Lipinski definition) is 6. The highest BCUT2D eigenvalue weighted by Crippen LogP contribution is 2.18. The minimum absolute atomic E-state index is 0.0195. The zero-order chi connectivity index (χ0) is 16.3. The minimum Gasteiger partial charge on any atom is -0.360 e. The summed E-state index contributed by atoms with van der Waals surface area (Å²) in [6, 6.07) is 6.79. The number of Topliss-reactive ketones (excluding diaryl/α,β-unsaturated/α-hetero) is 1. The summed E-state index contributed by atoms with van der Waals surface area (Å²) in [5, 5.41) is 5.89. The molecule has 2 aromatic rings. The quantitative estimate of drug-likeness (QED) is 0.801. The molecule has 0 aliphatic heterocycles. The molecule has 0 radical (unpaired) electrons. The van der Waals surface area contributed by atoms with Gasteiger partial charge >= 0.3 is 0 Å². The fraction of sp³-hybridized carbons (Fsp3) is 0.154. The second kappa shape index (κ2) is 5.98. The average molecular weight is 323 g/mol. The first-order valence-electron chi connectivity index (χ1n) is 6.16. The molecule has 1 aromatic heterocycles. The molecule has 0 spiro atoms. The van der Waals surface area contributed by atoms with E-state index in [1.807, 2.05) is 0 Å². The molecule has 9 heteroatoms. The average Bonchev–Trinajstić information content (AvgIpc) is 2.83. The van der Waals surface area contributed by atoms with Gasteiger partial charge < -0.3 is 9.84 Å². The molecule has 0 fully saturated rings. The Balaban J connectivity index is 2.15. The number of anilines is 2. The summed E-state index contributed by atoms with van der Waals surface area (Å²) in [5.41, 5.74) is 0.316. The first kappa shape index (κ1) is 15.7. The van der Waals surface area contributed by atoms with E-state index in [2.05, 4.69) is 15.2 Å². The number of aryl methyl sites for hydroxylation is 1. The van der Waals surface area contributed by atoms with E-state index in [0.717, 1.165) is 6.92 Å². The molecule has 0 bridgehead atoms. The van der Waals surface area contributed by atoms with E-state index in [1.165, 1.54) is 30.3 Å². The number of amides is 1. The number of benzene rings is 1. The van der Waals surface area contributed by atoms with Crippen LogP contribution in [-0.2, 0) is 19.6 Å². The molecule has 1 aromatic carbocycles. The molecule has 1 amide bonds. The molecule has 2 N–H and O–H groups in total. The molecular weight excluding hydrogens is 310 g/mol. The van der Waals surface area contributed by atoms with Crippen LogP contribution >= 0.6 is 0 Å². The Labute approximate surface area is 126 Å². The van der Waals surface area contributed by atoms with Crippen LogP contribution < -0.4 is 10.0 Å². The van der Waals surface area contributed by atoms with E-state index in [0.29, 0.717) is 11.4 Å². The SMILES string of the molecule is CC(=O)C(=O)Nc1ccc(S(=O)(=O)Nc2cc(C)on2)cc1. The van der Waals surface area contributed by atoms with E-state index in [4.69, 9.17) is 4.52 Å². The van der Waals surface area contributed by atoms with E-state index in [9.17, 15) is 18.0 Å². The highest BCUT2D eigenvalue weighted by atomic mass is 32.2. The van der Waals surface area contributed by atoms with Crippen LogP contribution in [0, 0.1) is 6.92 Å². The van der Waals surface area contributed by atoms with Crippen molar-refractivity contribution in [3.8, 4) is 0 Å². The van der Waals surface area contributed by atoms with Crippen LogP contribution in [0.15, 0.2) is 39.8 Å². The van der Waals surface area contributed by atoms with Gasteiger partial charge in [-0.05, 0) is 31.2 Å². The van der Waals surface area contributed by atoms with E-state index in [1.54, 1.807) is 6.92 Å². The molecule has 0 saturated heterocycles. The number of carbonyl (C=O) groups is 2. The fourth-order valence-electron chi connectivity index (χ4n) is 1.55. The van der Waals surface area contributed by atoms with Gasteiger partial charge in [-0.2, -0.15) is 0 Å². The van der Waals surface area contributed by atoms with Crippen molar-refractivity contribution in [2.24, 2.45) is 0 Å². The van der Waals surface area contributed by atoms with Crippen molar-refractivity contribution in [3.63, 3.8) is 0 Å². The topological polar surface area (TPSA) is 118 Å². The van der Waals surface area contributed by atoms with Crippen molar-refractivity contribution in [3.05, 3.63) is 36.1 Å². The van der Waals surface area contributed by atoms with Gasteiger partial charge in [-0.3, -0.25) is 14.3 Å². The van der Waals surface area contributed by atoms with Crippen molar-refractivity contribution in [2.45, 2.75) is 18.7 Å². The van der Waals surface area contributed by atoms with E-state index < -0.39 is 21.7 Å². The number of carbonyl (C=O) groups excluding carboxylic acids is 2. The van der Waals surface area contributed by atoms with Gasteiger partial charge in [0.2, 0.25) is 5.78 Å². The molecule has 116 valence electrons. The van der Waals surface area contributed by atoms with Crippen molar-refractivity contribution in [1.29, 1.82) is 0 Å². The molecule has 0 saturated carbocycles. The highest BCUT2D eigenvalue weighted by molar-refractivity contribution is 7.92. The lowest BCUT2D eigenvalue weighted by Crippen LogP contribution is -2.19. The molecular formula is C13H13N3O5S. The number of nitrogens with zero attached hydrogens (tertiary/aromatic N) is 1. The Hall–Kier alpha value is -2.68. The zero-order valence-corrected chi connectivity index (χ0v) is 12.6. The Morgan fingerprint density at radius 1 is 1.18 bits per heavy atom. The second-order valence-electron chi connectivity index (χ2n) is 4.46. The number of hydrogen-bond donors (Lipinski definition) is 2. The van der Waals surface area contributed by atoms with Crippen LogP contribution in [0.2, 0.25) is 0 Å². The van der Waals surface area contributed by atoms with Gasteiger partial charge in [0.15, 0.2) is 5.82 Å². The van der Waals surface area contributed by atoms with Gasteiger partial charge in [0.25, 0.3) is 15.9 Å². The first-order valence-corrected chi connectivity index (χ1v) is 7.64. The highest BCUT2D eigenvalue weighted by Gasteiger charge is 2.16. The van der Waals surface area contributed by atoms with Gasteiger partial charge in [0, 0.05) is 18.7 Å². The third-order valence-corrected chi connectivity index (χ3v) is 3.98. The molecule has 2 rings (SSSR count). The van der Waals surface area contributed by atoms with Crippen molar-refractivity contribution in [1.82, 2.24) is 5.16 Å². The molecule has 0 aliphatic rings. The van der Waals surface area contributed by atoms with Gasteiger partial charge in [-0.1, -0.05) is 5.16 Å². The van der Waals surface area contributed by atoms with Gasteiger partial charge in [-0.15, -0.1) is 0 Å². The van der Waals surface area contributed by atoms with Gasteiger partial charge in [0.1, 0.15) is 5.76 Å². The molecule has 22 heavy (non-hydrogen) atoms. The predicted molar refractivity (Wildman–Crippen MR) is 77.8 cm³/mol. The summed E-state index contributed by atoms with van der Waals surface area (Å²) in [6.07, 6.45) is 0. The maximum Gasteiger partial charge on any atom is 0.291 e. The van der Waals surface area contributed by atoms with Crippen LogP contribution in [0.25, 0.3) is 0 Å². The third-order valence-electron chi connectivity index (χ3n) is 2.61. The number of nitrogens with one attached hydrogen (secondary N) is 2. The number of rotatable bonds is 5. The lowest BCUT2D eigenvalue weighted by molar-refractivity contribution is -0.133. The Morgan fingerprint density at radius 2 is 1.82 bits per heavy atom. The van der Waals surface area contributed by atoms with Crippen molar-refractivity contribution in [2.75, 3.05) is 10.0 Å². The van der Waals surface area contributed by atoms with Crippen LogP contribution in [-0.4, -0.2) is 25.3 Å². The molecule has 0 unspecified atom stereocenters. The number of sulfonamides is 1. The molecule has 1 heterocycles. The second-order valence-corrected chi connectivity index (χ2v) is 6.15. The maximum absolute atomic E-state index is 12.1. The Bertz CT molecular complexity index is 808. The summed E-state index contributed by atoms with van der Waals surface area (Å²) in [5.74, 6) is -0.863. The minimum atomic E-state index is -3.81. The zero-order valence-electron chi connectivity index (χ0n) is 11.8. The van der Waals surface area contributed by atoms with Crippen LogP contribution in [0.3, 0.4) is 0 Å². The standard InChI is InChI=1S/C13H13N3O5S/c1-8-7-12(15-21-8)16-22(19,20)11-5-3-10(4-6-11)14-13(18)9(2)17/h3-7H,1-2H3,(H,14,18)(H,15,16). The molecule has 8 nitrogen and oxygen atoms in total. The van der Waals surface area contributed by atoms with E-state index >= 15 is 0 Å². The summed E-state index contributed by atoms with van der Waals surface area (Å²) in [7, 11) is -3.81. The summed E-state index contributed by atoms with van der Waals surface area (Å²) < 4.78 is 31.3. The van der Waals surface area contributed by atoms with Gasteiger partial charge in [0.05, 0.1) is 4.90 Å². The Kier molecular flexibility index (Phi) is 4.27. The summed E-state index contributed by atoms with van der Waals surface area (Å²) in [6.45, 7) is 2.77. The third kappa shape index (κ3) is 3.70. The lowest BCUT2D eigenvalue weighted by Gasteiger charge is -2.06. The maximum atomic E-state index is 12.1. The summed E-state index contributed by atoms with van der Waals surface area (Å²) >= 11 is 0. The van der Waals surface area contributed by atoms with Crippen molar-refractivity contribution >= 4 is 33.2 Å². The monoisotopic (exact) mass is 323 g/mol. The molecule has 0 aliphatic carbocycles. The number of aromatic nitrogens is 1. The van der Waals surface area contributed by atoms with Crippen LogP contribution in [0.1, 0.15) is 12.7 Å². The van der Waals surface area contributed by atoms with Crippen LogP contribution in [0.4, 0.5) is 11.5 Å². The normalized spacial score (nSPS) is 11.0. The largest absolute Gasteiger partial charge is 0.360 e. The number of ketones is 1. The smallest absolute Gasteiger partial charge is 0.291 e. The van der Waals surface area contributed by atoms with E-state index in [-0.39, 0.29) is 10.7 Å². The first-order chi connectivity index (χ1) is 10.3. The predicted octanol–water partition coefficient (Wildman–Crippen LogP) is 1.31. The fourth-order valence-corrected chi connectivity index (χ4v) is 2.53. The van der Waals surface area contributed by atoms with Gasteiger partial charge in [-0.25, -0.2) is 8.42 Å². The van der Waals surface area contributed by atoms with Crippen molar-refractivity contribution < 1.29 is 22.5 Å². The Morgan fingerprint density at radius 3 is 2.32 bits per heavy atom. The summed E-state index contributed by atoms with van der Waals surface area (Å²) in [4.78, 5) is 22.1. The molecule has 0 atom stereocenters. The van der Waals surface area contributed by atoms with Crippen LogP contribution in [0.5, 0.6) is 0 Å². The lowest BCUT2D eigenvalue weighted by atomic mass is 10.3.